The lowest BCUT2D eigenvalue weighted by Gasteiger charge is -2.24. The highest BCUT2D eigenvalue weighted by Gasteiger charge is 2.28. The molecular weight excluding hydrogens is 362 g/mol. The molecule has 0 unspecified atom stereocenters. The number of fused-ring (bicyclic) bond motifs is 1. The Kier molecular flexibility index (Phi) is 5.60. The van der Waals surface area contributed by atoms with Crippen LogP contribution < -0.4 is 10.1 Å². The maximum atomic E-state index is 12.2. The van der Waals surface area contributed by atoms with Gasteiger partial charge >= 0.3 is 5.97 Å². The van der Waals surface area contributed by atoms with E-state index in [0.29, 0.717) is 11.4 Å². The summed E-state index contributed by atoms with van der Waals surface area (Å²) in [5, 5.41) is 5.35. The van der Waals surface area contributed by atoms with Crippen LogP contribution in [0.25, 0.3) is 0 Å². The van der Waals surface area contributed by atoms with Crippen LogP contribution in [0.4, 0.5) is 0 Å². The maximum Gasteiger partial charge on any atom is 0.313 e. The molecule has 2 heterocycles. The van der Waals surface area contributed by atoms with Crippen molar-refractivity contribution in [2.75, 3.05) is 13.2 Å². The number of benzene rings is 1. The number of hydrogen-bond donors (Lipinski definition) is 1. The summed E-state index contributed by atoms with van der Waals surface area (Å²) in [5.41, 5.74) is 0.872. The summed E-state index contributed by atoms with van der Waals surface area (Å²) in [4.78, 5) is 25.2. The molecule has 5 nitrogen and oxygen atoms in total. The molecular formula is C18H18ClNO4S. The Hall–Kier alpha value is -2.05. The van der Waals surface area contributed by atoms with E-state index in [1.807, 2.05) is 24.4 Å². The third-order valence-electron chi connectivity index (χ3n) is 3.96. The predicted molar refractivity (Wildman–Crippen MR) is 96.0 cm³/mol. The second-order valence-electron chi connectivity index (χ2n) is 5.88. The van der Waals surface area contributed by atoms with Gasteiger partial charge in [-0.3, -0.25) is 9.59 Å². The van der Waals surface area contributed by atoms with Crippen molar-refractivity contribution in [2.24, 2.45) is 5.92 Å². The zero-order chi connectivity index (χ0) is 17.8. The molecule has 0 saturated carbocycles. The number of nitrogens with one attached hydrogen (secondary N) is 1. The smallest absolute Gasteiger partial charge is 0.313 e. The molecule has 2 aromatic rings. The maximum absolute atomic E-state index is 12.2. The highest BCUT2D eigenvalue weighted by atomic mass is 35.5. The van der Waals surface area contributed by atoms with E-state index >= 15 is 0 Å². The van der Waals surface area contributed by atoms with Crippen molar-refractivity contribution in [1.29, 1.82) is 0 Å². The first kappa shape index (κ1) is 17.8. The van der Waals surface area contributed by atoms with Gasteiger partial charge in [0.2, 0.25) is 0 Å². The molecule has 3 rings (SSSR count). The quantitative estimate of drug-likeness (QED) is 0.809. The van der Waals surface area contributed by atoms with E-state index in [4.69, 9.17) is 21.1 Å². The van der Waals surface area contributed by atoms with Crippen molar-refractivity contribution < 1.29 is 19.1 Å². The molecule has 0 aliphatic carbocycles. The SMILES string of the molecule is C[C@@H](NC(=O)COC(=O)[C@@H]1COc2ccc(Cl)cc2C1)c1cccs1. The van der Waals surface area contributed by atoms with Gasteiger partial charge in [0.05, 0.1) is 12.0 Å². The van der Waals surface area contributed by atoms with Crippen LogP contribution in [0, 0.1) is 5.92 Å². The largest absolute Gasteiger partial charge is 0.492 e. The summed E-state index contributed by atoms with van der Waals surface area (Å²) < 4.78 is 10.7. The molecule has 1 aromatic carbocycles. The van der Waals surface area contributed by atoms with E-state index in [9.17, 15) is 9.59 Å². The van der Waals surface area contributed by atoms with Gasteiger partial charge in [0.25, 0.3) is 5.91 Å². The van der Waals surface area contributed by atoms with Gasteiger partial charge in [-0.1, -0.05) is 17.7 Å². The summed E-state index contributed by atoms with van der Waals surface area (Å²) >= 11 is 7.54. The molecule has 1 aliphatic rings. The first-order valence-electron chi connectivity index (χ1n) is 7.93. The summed E-state index contributed by atoms with van der Waals surface area (Å²) in [5.74, 6) is -0.469. The van der Waals surface area contributed by atoms with Gasteiger partial charge < -0.3 is 14.8 Å². The van der Waals surface area contributed by atoms with Gasteiger partial charge in [0, 0.05) is 9.90 Å². The second kappa shape index (κ2) is 7.89. The van der Waals surface area contributed by atoms with Gasteiger partial charge in [0.1, 0.15) is 12.4 Å². The molecule has 0 spiro atoms. The highest BCUT2D eigenvalue weighted by Crippen LogP contribution is 2.30. The molecule has 1 N–H and O–H groups in total. The lowest BCUT2D eigenvalue weighted by atomic mass is 9.97. The zero-order valence-electron chi connectivity index (χ0n) is 13.7. The number of carbonyl (C=O) groups excluding carboxylic acids is 2. The number of ether oxygens (including phenoxy) is 2. The Morgan fingerprint density at radius 3 is 3.04 bits per heavy atom. The molecule has 7 heteroatoms. The van der Waals surface area contributed by atoms with Crippen molar-refractivity contribution in [1.82, 2.24) is 5.32 Å². The van der Waals surface area contributed by atoms with Crippen LogP contribution in [-0.2, 0) is 20.7 Å². The van der Waals surface area contributed by atoms with Gasteiger partial charge in [-0.05, 0) is 48.6 Å². The van der Waals surface area contributed by atoms with Gasteiger partial charge in [-0.2, -0.15) is 0 Å². The van der Waals surface area contributed by atoms with E-state index in [-0.39, 0.29) is 25.2 Å². The number of hydrogen-bond acceptors (Lipinski definition) is 5. The fraction of sp³-hybridized carbons (Fsp3) is 0.333. The first-order valence-corrected chi connectivity index (χ1v) is 9.19. The van der Waals surface area contributed by atoms with Gasteiger partial charge in [0.15, 0.2) is 6.61 Å². The van der Waals surface area contributed by atoms with Gasteiger partial charge in [-0.15, -0.1) is 11.3 Å². The van der Waals surface area contributed by atoms with E-state index < -0.39 is 11.9 Å². The first-order chi connectivity index (χ1) is 12.0. The van der Waals surface area contributed by atoms with Crippen molar-refractivity contribution >= 4 is 34.8 Å². The van der Waals surface area contributed by atoms with Crippen LogP contribution in [-0.4, -0.2) is 25.1 Å². The topological polar surface area (TPSA) is 64.6 Å². The summed E-state index contributed by atoms with van der Waals surface area (Å²) in [6.45, 7) is 1.83. The minimum atomic E-state index is -0.440. The molecule has 0 bridgehead atoms. The van der Waals surface area contributed by atoms with Crippen molar-refractivity contribution in [2.45, 2.75) is 19.4 Å². The Labute approximate surface area is 154 Å². The number of rotatable bonds is 5. The average Bonchev–Trinajstić information content (AvgIpc) is 3.13. The number of esters is 1. The summed E-state index contributed by atoms with van der Waals surface area (Å²) in [7, 11) is 0. The Balaban J connectivity index is 1.49. The van der Waals surface area contributed by atoms with Crippen LogP contribution >= 0.6 is 22.9 Å². The predicted octanol–water partition coefficient (Wildman–Crippen LogP) is 3.37. The van der Waals surface area contributed by atoms with Crippen LogP contribution in [0.3, 0.4) is 0 Å². The fourth-order valence-electron chi connectivity index (χ4n) is 2.66. The number of amides is 1. The Bertz CT molecular complexity index is 762. The molecule has 0 radical (unpaired) electrons. The van der Waals surface area contributed by atoms with E-state index in [2.05, 4.69) is 5.32 Å². The highest BCUT2D eigenvalue weighted by molar-refractivity contribution is 7.10. The van der Waals surface area contributed by atoms with Gasteiger partial charge in [-0.25, -0.2) is 0 Å². The summed E-state index contributed by atoms with van der Waals surface area (Å²) in [6.07, 6.45) is 0.488. The lowest BCUT2D eigenvalue weighted by molar-refractivity contribution is -0.154. The third kappa shape index (κ3) is 4.52. The molecule has 1 amide bonds. The number of thiophene rings is 1. The monoisotopic (exact) mass is 379 g/mol. The van der Waals surface area contributed by atoms with Crippen molar-refractivity contribution in [3.63, 3.8) is 0 Å². The van der Waals surface area contributed by atoms with Crippen LogP contribution in [0.2, 0.25) is 5.02 Å². The second-order valence-corrected chi connectivity index (χ2v) is 7.29. The molecule has 0 saturated heterocycles. The minimum Gasteiger partial charge on any atom is -0.492 e. The van der Waals surface area contributed by atoms with E-state index in [0.717, 1.165) is 16.2 Å². The minimum absolute atomic E-state index is 0.113. The Morgan fingerprint density at radius 2 is 2.28 bits per heavy atom. The third-order valence-corrected chi connectivity index (χ3v) is 5.25. The fourth-order valence-corrected chi connectivity index (χ4v) is 3.59. The van der Waals surface area contributed by atoms with Crippen LogP contribution in [0.1, 0.15) is 23.4 Å². The molecule has 132 valence electrons. The molecule has 25 heavy (non-hydrogen) atoms. The number of halogens is 1. The molecule has 0 fully saturated rings. The normalized spacial score (nSPS) is 17.1. The van der Waals surface area contributed by atoms with Crippen molar-refractivity contribution in [3.05, 3.63) is 51.2 Å². The number of carbonyl (C=O) groups is 2. The summed E-state index contributed by atoms with van der Waals surface area (Å²) in [6, 6.07) is 9.08. The zero-order valence-corrected chi connectivity index (χ0v) is 15.2. The lowest BCUT2D eigenvalue weighted by Crippen LogP contribution is -2.34. The average molecular weight is 380 g/mol. The standard InChI is InChI=1S/C18H18ClNO4S/c1-11(16-3-2-6-25-16)20-17(21)10-24-18(22)13-7-12-8-14(19)4-5-15(12)23-9-13/h2-6,8,11,13H,7,9-10H2,1H3,(H,20,21)/t11-,13+/m1/s1. The van der Waals surface area contributed by atoms with E-state index in [1.165, 1.54) is 0 Å². The van der Waals surface area contributed by atoms with Crippen LogP contribution in [0.15, 0.2) is 35.7 Å². The molecule has 2 atom stereocenters. The molecule has 1 aliphatic heterocycles. The molecule has 1 aromatic heterocycles. The van der Waals surface area contributed by atoms with Crippen LogP contribution in [0.5, 0.6) is 5.75 Å². The van der Waals surface area contributed by atoms with Crippen molar-refractivity contribution in [3.8, 4) is 5.75 Å². The van der Waals surface area contributed by atoms with E-state index in [1.54, 1.807) is 29.5 Å². The Morgan fingerprint density at radius 1 is 1.44 bits per heavy atom.